The van der Waals surface area contributed by atoms with Crippen LogP contribution in [-0.4, -0.2) is 25.3 Å². The zero-order chi connectivity index (χ0) is 13.6. The van der Waals surface area contributed by atoms with Gasteiger partial charge < -0.3 is 10.1 Å². The van der Waals surface area contributed by atoms with Crippen LogP contribution in [0.1, 0.15) is 50.3 Å². The first kappa shape index (κ1) is 15.0. The molecular weight excluding hydrogens is 254 g/mol. The van der Waals surface area contributed by atoms with Crippen LogP contribution >= 0.6 is 11.3 Å². The lowest BCUT2D eigenvalue weighted by molar-refractivity contribution is -0.0899. The number of thiophene rings is 1. The Labute approximate surface area is 121 Å². The molecule has 0 aromatic carbocycles. The fourth-order valence-corrected chi connectivity index (χ4v) is 4.17. The van der Waals surface area contributed by atoms with E-state index < -0.39 is 0 Å². The fourth-order valence-electron chi connectivity index (χ4n) is 3.44. The molecule has 1 saturated carbocycles. The Morgan fingerprint density at radius 1 is 1.37 bits per heavy atom. The monoisotopic (exact) mass is 281 g/mol. The van der Waals surface area contributed by atoms with Crippen molar-refractivity contribution < 1.29 is 4.74 Å². The number of hydrogen-bond donors (Lipinski definition) is 1. The number of likely N-dealkylation sites (N-methyl/N-ethyl adjacent to an activating group) is 1. The van der Waals surface area contributed by atoms with Crippen LogP contribution in [-0.2, 0) is 11.2 Å². The number of rotatable bonds is 7. The lowest BCUT2D eigenvalue weighted by Gasteiger charge is -2.43. The number of ether oxygens (including phenoxy) is 1. The molecule has 1 aliphatic rings. The number of hydrogen-bond acceptors (Lipinski definition) is 3. The molecule has 1 atom stereocenters. The molecule has 1 aromatic heterocycles. The molecule has 0 amide bonds. The largest absolute Gasteiger partial charge is 0.374 e. The average Bonchev–Trinajstić information content (AvgIpc) is 2.94. The van der Waals surface area contributed by atoms with E-state index in [1.165, 1.54) is 43.4 Å². The first-order valence-electron chi connectivity index (χ1n) is 7.64. The van der Waals surface area contributed by atoms with Crippen molar-refractivity contribution in [1.29, 1.82) is 0 Å². The first-order chi connectivity index (χ1) is 9.30. The molecule has 1 fully saturated rings. The van der Waals surface area contributed by atoms with Gasteiger partial charge in [-0.05, 0) is 51.1 Å². The van der Waals surface area contributed by atoms with E-state index >= 15 is 0 Å². The standard InChI is InChI=1S/C16H27NOS/c1-3-18-16(11-5-4-6-12-16)15(17-2)10-9-14-8-7-13-19-14/h7-8,13,15,17H,3-6,9-12H2,1-2H3. The van der Waals surface area contributed by atoms with Crippen molar-refractivity contribution in [2.45, 2.75) is 63.5 Å². The quantitative estimate of drug-likeness (QED) is 0.815. The summed E-state index contributed by atoms with van der Waals surface area (Å²) in [6.07, 6.45) is 8.78. The maximum Gasteiger partial charge on any atom is 0.0834 e. The van der Waals surface area contributed by atoms with E-state index in [4.69, 9.17) is 4.74 Å². The highest BCUT2D eigenvalue weighted by molar-refractivity contribution is 7.09. The summed E-state index contributed by atoms with van der Waals surface area (Å²) >= 11 is 1.87. The fraction of sp³-hybridized carbons (Fsp3) is 0.750. The average molecular weight is 281 g/mol. The third-order valence-electron chi connectivity index (χ3n) is 4.37. The molecule has 0 bridgehead atoms. The second kappa shape index (κ2) is 7.41. The highest BCUT2D eigenvalue weighted by Crippen LogP contribution is 2.36. The van der Waals surface area contributed by atoms with Crippen LogP contribution in [0.25, 0.3) is 0 Å². The molecule has 0 aliphatic heterocycles. The third kappa shape index (κ3) is 3.80. The summed E-state index contributed by atoms with van der Waals surface area (Å²) in [7, 11) is 2.09. The van der Waals surface area contributed by atoms with Crippen LogP contribution in [0, 0.1) is 0 Å². The molecule has 1 N–H and O–H groups in total. The molecule has 0 radical (unpaired) electrons. The van der Waals surface area contributed by atoms with E-state index in [1.54, 1.807) is 0 Å². The van der Waals surface area contributed by atoms with Gasteiger partial charge in [-0.2, -0.15) is 0 Å². The highest BCUT2D eigenvalue weighted by atomic mass is 32.1. The van der Waals surface area contributed by atoms with E-state index in [9.17, 15) is 0 Å². The van der Waals surface area contributed by atoms with Crippen molar-refractivity contribution in [1.82, 2.24) is 5.32 Å². The highest BCUT2D eigenvalue weighted by Gasteiger charge is 2.39. The van der Waals surface area contributed by atoms with Gasteiger partial charge in [-0.25, -0.2) is 0 Å². The molecule has 0 spiro atoms. The minimum absolute atomic E-state index is 0.0824. The minimum Gasteiger partial charge on any atom is -0.374 e. The van der Waals surface area contributed by atoms with Gasteiger partial charge >= 0.3 is 0 Å². The van der Waals surface area contributed by atoms with Gasteiger partial charge in [0.2, 0.25) is 0 Å². The molecule has 108 valence electrons. The lowest BCUT2D eigenvalue weighted by Crippen LogP contribution is -2.53. The van der Waals surface area contributed by atoms with Crippen LogP contribution in [0.3, 0.4) is 0 Å². The second-order valence-corrected chi connectivity index (χ2v) is 6.55. The zero-order valence-corrected chi connectivity index (χ0v) is 13.1. The van der Waals surface area contributed by atoms with Crippen LogP contribution in [0.4, 0.5) is 0 Å². The molecule has 19 heavy (non-hydrogen) atoms. The molecule has 1 aliphatic carbocycles. The minimum atomic E-state index is 0.0824. The normalized spacial score (nSPS) is 20.3. The first-order valence-corrected chi connectivity index (χ1v) is 8.52. The Morgan fingerprint density at radius 2 is 2.16 bits per heavy atom. The predicted molar refractivity (Wildman–Crippen MR) is 82.9 cm³/mol. The molecule has 1 aromatic rings. The van der Waals surface area contributed by atoms with Gasteiger partial charge in [-0.1, -0.05) is 25.3 Å². The van der Waals surface area contributed by atoms with Gasteiger partial charge in [0.05, 0.1) is 5.60 Å². The van der Waals surface area contributed by atoms with Crippen LogP contribution in [0.2, 0.25) is 0 Å². The molecule has 3 heteroatoms. The van der Waals surface area contributed by atoms with Crippen LogP contribution < -0.4 is 5.32 Å². The Hall–Kier alpha value is -0.380. The van der Waals surface area contributed by atoms with Crippen molar-refractivity contribution >= 4 is 11.3 Å². The molecule has 2 nitrogen and oxygen atoms in total. The summed E-state index contributed by atoms with van der Waals surface area (Å²) in [6, 6.07) is 4.87. The summed E-state index contributed by atoms with van der Waals surface area (Å²) in [4.78, 5) is 1.49. The summed E-state index contributed by atoms with van der Waals surface area (Å²) in [5.74, 6) is 0. The van der Waals surface area contributed by atoms with Gasteiger partial charge in [0.15, 0.2) is 0 Å². The SMILES string of the molecule is CCOC1(C(CCc2cccs2)NC)CCCCC1. The molecule has 0 saturated heterocycles. The number of nitrogens with one attached hydrogen (secondary N) is 1. The maximum absolute atomic E-state index is 6.23. The predicted octanol–water partition coefficient (Wildman–Crippen LogP) is 4.01. The molecule has 1 unspecified atom stereocenters. The van der Waals surface area contributed by atoms with E-state index in [2.05, 4.69) is 36.8 Å². The number of aryl methyl sites for hydroxylation is 1. The van der Waals surface area contributed by atoms with Gasteiger partial charge in [0.1, 0.15) is 0 Å². The van der Waals surface area contributed by atoms with Crippen molar-refractivity contribution in [3.05, 3.63) is 22.4 Å². The van der Waals surface area contributed by atoms with Crippen molar-refractivity contribution in [2.75, 3.05) is 13.7 Å². The van der Waals surface area contributed by atoms with E-state index in [-0.39, 0.29) is 5.60 Å². The Kier molecular flexibility index (Phi) is 5.86. The molecule has 2 rings (SSSR count). The van der Waals surface area contributed by atoms with E-state index in [0.29, 0.717) is 6.04 Å². The van der Waals surface area contributed by atoms with Crippen molar-refractivity contribution in [3.8, 4) is 0 Å². The summed E-state index contributed by atoms with van der Waals surface area (Å²) in [5.41, 5.74) is 0.0824. The van der Waals surface area contributed by atoms with Crippen LogP contribution in [0.5, 0.6) is 0 Å². The molecular formula is C16H27NOS. The summed E-state index contributed by atoms with van der Waals surface area (Å²) < 4.78 is 6.23. The zero-order valence-electron chi connectivity index (χ0n) is 12.3. The van der Waals surface area contributed by atoms with E-state index in [0.717, 1.165) is 13.0 Å². The van der Waals surface area contributed by atoms with Gasteiger partial charge in [0, 0.05) is 17.5 Å². The summed E-state index contributed by atoms with van der Waals surface area (Å²) in [6.45, 7) is 2.96. The van der Waals surface area contributed by atoms with Gasteiger partial charge in [-0.15, -0.1) is 11.3 Å². The van der Waals surface area contributed by atoms with E-state index in [1.807, 2.05) is 11.3 Å². The maximum atomic E-state index is 6.23. The Bertz CT molecular complexity index is 338. The second-order valence-electron chi connectivity index (χ2n) is 5.52. The molecule has 1 heterocycles. The lowest BCUT2D eigenvalue weighted by atomic mass is 9.77. The smallest absolute Gasteiger partial charge is 0.0834 e. The van der Waals surface area contributed by atoms with Crippen molar-refractivity contribution in [3.63, 3.8) is 0 Å². The third-order valence-corrected chi connectivity index (χ3v) is 5.31. The topological polar surface area (TPSA) is 21.3 Å². The van der Waals surface area contributed by atoms with Crippen molar-refractivity contribution in [2.24, 2.45) is 0 Å². The van der Waals surface area contributed by atoms with Crippen LogP contribution in [0.15, 0.2) is 17.5 Å². The van der Waals surface area contributed by atoms with Gasteiger partial charge in [-0.3, -0.25) is 0 Å². The van der Waals surface area contributed by atoms with Gasteiger partial charge in [0.25, 0.3) is 0 Å². The Balaban J connectivity index is 1.99. The summed E-state index contributed by atoms with van der Waals surface area (Å²) in [5, 5.41) is 5.71. The Morgan fingerprint density at radius 3 is 2.74 bits per heavy atom.